The van der Waals surface area contributed by atoms with Gasteiger partial charge in [0.2, 0.25) is 5.75 Å². The number of nitrogens with zero attached hydrogens (tertiary/aromatic N) is 2. The van der Waals surface area contributed by atoms with Crippen LogP contribution in [-0.4, -0.2) is 27.2 Å². The average Bonchev–Trinajstić information content (AvgIpc) is 2.99. The summed E-state index contributed by atoms with van der Waals surface area (Å²) in [7, 11) is 1.38. The number of hydrogen-bond acceptors (Lipinski definition) is 9. The highest BCUT2D eigenvalue weighted by molar-refractivity contribution is 8.26. The van der Waals surface area contributed by atoms with E-state index in [0.29, 0.717) is 14.8 Å². The Balaban J connectivity index is 1.93. The molecule has 1 heterocycles. The Morgan fingerprint density at radius 3 is 2.38 bits per heavy atom. The SMILES string of the molecule is COc1cc(/C=C2\SC(=S)NC2=O)ccc1Oc1ccc([N+](=O)[O-])cc1[N+](=O)[O-]. The lowest BCUT2D eigenvalue weighted by molar-refractivity contribution is -0.394. The summed E-state index contributed by atoms with van der Waals surface area (Å²) in [4.78, 5) is 32.8. The van der Waals surface area contributed by atoms with Crippen LogP contribution in [0.15, 0.2) is 41.3 Å². The quantitative estimate of drug-likeness (QED) is 0.312. The minimum Gasteiger partial charge on any atom is -0.493 e. The minimum atomic E-state index is -0.771. The Kier molecular flexibility index (Phi) is 5.75. The lowest BCUT2D eigenvalue weighted by Gasteiger charge is -2.11. The summed E-state index contributed by atoms with van der Waals surface area (Å²) in [5, 5.41) is 24.6. The lowest BCUT2D eigenvalue weighted by Crippen LogP contribution is -2.17. The van der Waals surface area contributed by atoms with E-state index < -0.39 is 21.2 Å². The second-order valence-electron chi connectivity index (χ2n) is 5.53. The van der Waals surface area contributed by atoms with E-state index in [1.165, 1.54) is 13.2 Å². The molecule has 2 aromatic carbocycles. The smallest absolute Gasteiger partial charge is 0.318 e. The van der Waals surface area contributed by atoms with Gasteiger partial charge in [-0.3, -0.25) is 25.0 Å². The molecule has 0 atom stereocenters. The number of nitrogens with one attached hydrogen (secondary N) is 1. The zero-order valence-electron chi connectivity index (χ0n) is 14.6. The Hall–Kier alpha value is -3.51. The second kappa shape index (κ2) is 8.24. The molecule has 1 fully saturated rings. The maximum absolute atomic E-state index is 11.8. The fraction of sp³-hybridized carbons (Fsp3) is 0.0588. The number of methoxy groups -OCH3 is 1. The van der Waals surface area contributed by atoms with E-state index >= 15 is 0 Å². The number of hydrogen-bond donors (Lipinski definition) is 1. The number of non-ortho nitro benzene ring substituents is 1. The predicted molar refractivity (Wildman–Crippen MR) is 109 cm³/mol. The second-order valence-corrected chi connectivity index (χ2v) is 7.25. The summed E-state index contributed by atoms with van der Waals surface area (Å²) in [6, 6.07) is 7.77. The zero-order chi connectivity index (χ0) is 21.1. The number of ether oxygens (including phenoxy) is 2. The summed E-state index contributed by atoms with van der Waals surface area (Å²) in [6.07, 6.45) is 1.61. The highest BCUT2D eigenvalue weighted by atomic mass is 32.2. The molecular weight excluding hydrogens is 422 g/mol. The first kappa shape index (κ1) is 20.2. The number of thioether (sulfide) groups is 1. The van der Waals surface area contributed by atoms with E-state index in [1.54, 1.807) is 18.2 Å². The van der Waals surface area contributed by atoms with Gasteiger partial charge in [0.25, 0.3) is 11.6 Å². The van der Waals surface area contributed by atoms with Gasteiger partial charge in [0.05, 0.1) is 27.9 Å². The van der Waals surface area contributed by atoms with Crippen molar-refractivity contribution in [2.45, 2.75) is 0 Å². The Morgan fingerprint density at radius 2 is 1.79 bits per heavy atom. The standard InChI is InChI=1S/C17H11N3O7S2/c1-26-14-6-9(7-15-16(21)18-17(28)29-15)2-4-13(14)27-12-5-3-10(19(22)23)8-11(12)20(24)25/h2-8H,1H3,(H,18,21,28)/b15-7-. The topological polar surface area (TPSA) is 134 Å². The van der Waals surface area contributed by atoms with Gasteiger partial charge in [0, 0.05) is 6.07 Å². The van der Waals surface area contributed by atoms with Crippen LogP contribution in [0.1, 0.15) is 5.56 Å². The number of thiocarbonyl (C=S) groups is 1. The zero-order valence-corrected chi connectivity index (χ0v) is 16.2. The molecule has 1 aliphatic heterocycles. The first-order chi connectivity index (χ1) is 13.8. The molecule has 0 bridgehead atoms. The molecule has 10 nitrogen and oxygen atoms in total. The van der Waals surface area contributed by atoms with Gasteiger partial charge in [-0.25, -0.2) is 0 Å². The summed E-state index contributed by atoms with van der Waals surface area (Å²) in [5.74, 6) is -0.0782. The molecule has 0 saturated carbocycles. The van der Waals surface area contributed by atoms with Gasteiger partial charge in [-0.1, -0.05) is 30.0 Å². The predicted octanol–water partition coefficient (Wildman–Crippen LogP) is 3.79. The fourth-order valence-corrected chi connectivity index (χ4v) is 3.44. The molecule has 0 unspecified atom stereocenters. The van der Waals surface area contributed by atoms with Gasteiger partial charge in [0.1, 0.15) is 4.32 Å². The highest BCUT2D eigenvalue weighted by Crippen LogP contribution is 2.39. The van der Waals surface area contributed by atoms with Crippen LogP contribution in [0, 0.1) is 20.2 Å². The molecular formula is C17H11N3O7S2. The van der Waals surface area contributed by atoms with Gasteiger partial charge >= 0.3 is 5.69 Å². The van der Waals surface area contributed by atoms with Crippen molar-refractivity contribution in [3.63, 3.8) is 0 Å². The van der Waals surface area contributed by atoms with Crippen LogP contribution in [0.4, 0.5) is 11.4 Å². The van der Waals surface area contributed by atoms with E-state index in [0.717, 1.165) is 30.0 Å². The molecule has 12 heteroatoms. The Morgan fingerprint density at radius 1 is 1.07 bits per heavy atom. The number of carbonyl (C=O) groups excluding carboxylic acids is 1. The van der Waals surface area contributed by atoms with Crippen LogP contribution >= 0.6 is 24.0 Å². The Bertz CT molecular complexity index is 1080. The van der Waals surface area contributed by atoms with Gasteiger partial charge in [-0.15, -0.1) is 0 Å². The van der Waals surface area contributed by atoms with Crippen LogP contribution < -0.4 is 14.8 Å². The summed E-state index contributed by atoms with van der Waals surface area (Å²) < 4.78 is 11.2. The van der Waals surface area contributed by atoms with Crippen molar-refractivity contribution in [3.05, 3.63) is 67.1 Å². The van der Waals surface area contributed by atoms with Crippen LogP contribution in [-0.2, 0) is 4.79 Å². The fourth-order valence-electron chi connectivity index (χ4n) is 2.40. The Labute approximate surface area is 172 Å². The van der Waals surface area contributed by atoms with Crippen molar-refractivity contribution in [2.75, 3.05) is 7.11 Å². The van der Waals surface area contributed by atoms with Crippen molar-refractivity contribution >= 4 is 51.7 Å². The van der Waals surface area contributed by atoms with Crippen LogP contribution in [0.2, 0.25) is 0 Å². The molecule has 3 rings (SSSR count). The molecule has 0 aliphatic carbocycles. The largest absolute Gasteiger partial charge is 0.493 e. The normalized spacial score (nSPS) is 14.6. The van der Waals surface area contributed by atoms with Gasteiger partial charge < -0.3 is 14.8 Å². The first-order valence-corrected chi connectivity index (χ1v) is 9.04. The van der Waals surface area contributed by atoms with Crippen molar-refractivity contribution in [1.82, 2.24) is 5.32 Å². The van der Waals surface area contributed by atoms with Crippen molar-refractivity contribution in [2.24, 2.45) is 0 Å². The molecule has 2 aromatic rings. The van der Waals surface area contributed by atoms with Crippen molar-refractivity contribution in [1.29, 1.82) is 0 Å². The number of rotatable bonds is 6. The molecule has 148 valence electrons. The molecule has 1 N–H and O–H groups in total. The third-order valence-corrected chi connectivity index (χ3v) is 4.86. The molecule has 0 aromatic heterocycles. The minimum absolute atomic E-state index is 0.158. The maximum atomic E-state index is 11.8. The molecule has 1 aliphatic rings. The molecule has 29 heavy (non-hydrogen) atoms. The van der Waals surface area contributed by atoms with Gasteiger partial charge in [-0.2, -0.15) is 0 Å². The highest BCUT2D eigenvalue weighted by Gasteiger charge is 2.23. The van der Waals surface area contributed by atoms with E-state index in [-0.39, 0.29) is 23.2 Å². The van der Waals surface area contributed by atoms with E-state index in [2.05, 4.69) is 5.32 Å². The summed E-state index contributed by atoms with van der Waals surface area (Å²) in [6.45, 7) is 0. The van der Waals surface area contributed by atoms with Crippen molar-refractivity contribution < 1.29 is 24.1 Å². The molecule has 0 spiro atoms. The van der Waals surface area contributed by atoms with E-state index in [1.807, 2.05) is 0 Å². The molecule has 0 radical (unpaired) electrons. The maximum Gasteiger partial charge on any atom is 0.318 e. The number of amides is 1. The third-order valence-electron chi connectivity index (χ3n) is 3.70. The third kappa shape index (κ3) is 4.50. The lowest BCUT2D eigenvalue weighted by atomic mass is 10.2. The van der Waals surface area contributed by atoms with E-state index in [4.69, 9.17) is 21.7 Å². The summed E-state index contributed by atoms with van der Waals surface area (Å²) >= 11 is 6.07. The van der Waals surface area contributed by atoms with Gasteiger partial charge in [0.15, 0.2) is 11.5 Å². The van der Waals surface area contributed by atoms with Crippen LogP contribution in [0.5, 0.6) is 17.2 Å². The number of carbonyl (C=O) groups is 1. The van der Waals surface area contributed by atoms with Crippen LogP contribution in [0.3, 0.4) is 0 Å². The van der Waals surface area contributed by atoms with E-state index in [9.17, 15) is 25.0 Å². The monoisotopic (exact) mass is 433 g/mol. The number of nitro benzene ring substituents is 2. The molecule has 1 amide bonds. The van der Waals surface area contributed by atoms with Crippen LogP contribution in [0.25, 0.3) is 6.08 Å². The molecule has 1 saturated heterocycles. The number of nitro groups is 2. The number of benzene rings is 2. The first-order valence-electron chi connectivity index (χ1n) is 7.82. The average molecular weight is 433 g/mol. The van der Waals surface area contributed by atoms with Gasteiger partial charge in [-0.05, 0) is 29.8 Å². The van der Waals surface area contributed by atoms with Crippen molar-refractivity contribution in [3.8, 4) is 17.2 Å². The summed E-state index contributed by atoms with van der Waals surface area (Å²) in [5.41, 5.74) is -0.363.